The fourth-order valence-corrected chi connectivity index (χ4v) is 4.57. The Morgan fingerprint density at radius 1 is 0.721 bits per heavy atom. The highest BCUT2D eigenvalue weighted by Gasteiger charge is 2.25. The van der Waals surface area contributed by atoms with Gasteiger partial charge >= 0.3 is 5.97 Å². The maximum Gasteiger partial charge on any atom is 0.309 e. The summed E-state index contributed by atoms with van der Waals surface area (Å²) in [5.74, 6) is 1.33. The predicted octanol–water partition coefficient (Wildman–Crippen LogP) is 6.72. The van der Waals surface area contributed by atoms with Gasteiger partial charge in [0, 0.05) is 29.8 Å². The molecule has 0 spiro atoms. The summed E-state index contributed by atoms with van der Waals surface area (Å²) in [6, 6.07) is 27.3. The number of benzene rings is 4. The molecule has 9 nitrogen and oxygen atoms in total. The number of rotatable bonds is 9. The summed E-state index contributed by atoms with van der Waals surface area (Å²) in [5, 5.41) is 7.85. The monoisotopic (exact) mass is 577 g/mol. The second-order valence-electron chi connectivity index (χ2n) is 9.73. The summed E-state index contributed by atoms with van der Waals surface area (Å²) >= 11 is 0. The zero-order valence-electron chi connectivity index (χ0n) is 24.5. The number of esters is 1. The van der Waals surface area contributed by atoms with E-state index in [0.717, 1.165) is 5.56 Å². The number of amides is 1. The van der Waals surface area contributed by atoms with Crippen LogP contribution in [-0.2, 0) is 4.79 Å². The standard InChI is InChI=1S/C34H31N3O6/c1-21-6-14-27(15-7-21)37-34(43-22(2)38)31(32(36-37)25-18-29(41-4)20-30(19-25)42-5)23-8-12-26(13-9-23)35-33(39)24-10-16-28(40-3)17-11-24/h6-20H,1-5H3,(H,35,39). The van der Waals surface area contributed by atoms with Crippen LogP contribution < -0.4 is 24.3 Å². The van der Waals surface area contributed by atoms with Gasteiger partial charge in [0.1, 0.15) is 22.9 Å². The maximum atomic E-state index is 12.8. The van der Waals surface area contributed by atoms with Gasteiger partial charge in [0.15, 0.2) is 0 Å². The Morgan fingerprint density at radius 3 is 1.88 bits per heavy atom. The van der Waals surface area contributed by atoms with Crippen molar-refractivity contribution in [3.63, 3.8) is 0 Å². The molecule has 0 fully saturated rings. The van der Waals surface area contributed by atoms with Crippen molar-refractivity contribution >= 4 is 17.6 Å². The molecule has 0 bridgehead atoms. The Labute approximate surface area is 249 Å². The number of nitrogens with one attached hydrogen (secondary N) is 1. The van der Waals surface area contributed by atoms with Gasteiger partial charge in [-0.1, -0.05) is 29.8 Å². The van der Waals surface area contributed by atoms with Gasteiger partial charge in [0.05, 0.1) is 32.6 Å². The van der Waals surface area contributed by atoms with Crippen LogP contribution in [0.2, 0.25) is 0 Å². The number of hydrogen-bond donors (Lipinski definition) is 1. The number of nitrogens with zero attached hydrogens (tertiary/aromatic N) is 2. The van der Waals surface area contributed by atoms with Crippen LogP contribution in [0.5, 0.6) is 23.1 Å². The van der Waals surface area contributed by atoms with Crippen LogP contribution in [-0.4, -0.2) is 43.0 Å². The number of aryl methyl sites for hydroxylation is 1. The van der Waals surface area contributed by atoms with Crippen molar-refractivity contribution in [2.45, 2.75) is 13.8 Å². The van der Waals surface area contributed by atoms with E-state index in [-0.39, 0.29) is 11.8 Å². The van der Waals surface area contributed by atoms with Gasteiger partial charge in [-0.3, -0.25) is 9.59 Å². The number of carbonyl (C=O) groups is 2. The number of ether oxygens (including phenoxy) is 4. The molecule has 0 unspecified atom stereocenters. The fraction of sp³-hybridized carbons (Fsp3) is 0.147. The van der Waals surface area contributed by atoms with E-state index in [1.807, 2.05) is 55.5 Å². The van der Waals surface area contributed by atoms with E-state index < -0.39 is 5.97 Å². The number of aromatic nitrogens is 2. The van der Waals surface area contributed by atoms with Crippen LogP contribution >= 0.6 is 0 Å². The van der Waals surface area contributed by atoms with Gasteiger partial charge in [-0.2, -0.15) is 9.78 Å². The smallest absolute Gasteiger partial charge is 0.309 e. The third-order valence-electron chi connectivity index (χ3n) is 6.77. The van der Waals surface area contributed by atoms with Crippen LogP contribution in [0.4, 0.5) is 5.69 Å². The molecule has 43 heavy (non-hydrogen) atoms. The third kappa shape index (κ3) is 6.36. The molecule has 5 rings (SSSR count). The Hall–Kier alpha value is -5.57. The van der Waals surface area contributed by atoms with Crippen molar-refractivity contribution < 1.29 is 28.5 Å². The van der Waals surface area contributed by atoms with Crippen LogP contribution in [0.1, 0.15) is 22.8 Å². The molecule has 0 saturated heterocycles. The highest BCUT2D eigenvalue weighted by atomic mass is 16.5. The van der Waals surface area contributed by atoms with Crippen molar-refractivity contribution in [1.29, 1.82) is 0 Å². The Balaban J connectivity index is 1.62. The maximum absolute atomic E-state index is 12.8. The summed E-state index contributed by atoms with van der Waals surface area (Å²) in [7, 11) is 4.73. The average molecular weight is 578 g/mol. The minimum absolute atomic E-state index is 0.253. The average Bonchev–Trinajstić information content (AvgIpc) is 3.39. The molecule has 0 saturated carbocycles. The van der Waals surface area contributed by atoms with Crippen molar-refractivity contribution in [2.75, 3.05) is 26.6 Å². The van der Waals surface area contributed by atoms with Crippen LogP contribution in [0, 0.1) is 6.92 Å². The van der Waals surface area contributed by atoms with E-state index in [9.17, 15) is 9.59 Å². The second-order valence-corrected chi connectivity index (χ2v) is 9.73. The van der Waals surface area contributed by atoms with E-state index in [1.165, 1.54) is 6.92 Å². The topological polar surface area (TPSA) is 101 Å². The molecule has 1 heterocycles. The van der Waals surface area contributed by atoms with E-state index in [0.29, 0.717) is 56.6 Å². The minimum Gasteiger partial charge on any atom is -0.497 e. The number of methoxy groups -OCH3 is 3. The third-order valence-corrected chi connectivity index (χ3v) is 6.77. The molecule has 0 aliphatic heterocycles. The van der Waals surface area contributed by atoms with E-state index in [2.05, 4.69) is 5.32 Å². The Morgan fingerprint density at radius 2 is 1.33 bits per heavy atom. The molecule has 5 aromatic rings. The lowest BCUT2D eigenvalue weighted by Crippen LogP contribution is -2.11. The van der Waals surface area contributed by atoms with Gasteiger partial charge in [-0.15, -0.1) is 0 Å². The zero-order chi connectivity index (χ0) is 30.5. The summed E-state index contributed by atoms with van der Waals surface area (Å²) in [5.41, 5.74) is 5.42. The molecular weight excluding hydrogens is 546 g/mol. The van der Waals surface area contributed by atoms with E-state index >= 15 is 0 Å². The number of carbonyl (C=O) groups excluding carboxylic acids is 2. The minimum atomic E-state index is -0.493. The first-order valence-electron chi connectivity index (χ1n) is 13.5. The molecule has 1 N–H and O–H groups in total. The van der Waals surface area contributed by atoms with Crippen molar-refractivity contribution in [1.82, 2.24) is 9.78 Å². The van der Waals surface area contributed by atoms with Crippen molar-refractivity contribution in [2.24, 2.45) is 0 Å². The van der Waals surface area contributed by atoms with Gasteiger partial charge in [-0.05, 0) is 73.2 Å². The fourth-order valence-electron chi connectivity index (χ4n) is 4.57. The molecule has 4 aromatic carbocycles. The van der Waals surface area contributed by atoms with Crippen molar-refractivity contribution in [3.8, 4) is 51.2 Å². The van der Waals surface area contributed by atoms with Crippen LogP contribution in [0.15, 0.2) is 91.0 Å². The molecule has 218 valence electrons. The van der Waals surface area contributed by atoms with Crippen molar-refractivity contribution in [3.05, 3.63) is 102 Å². The normalized spacial score (nSPS) is 10.6. The molecular formula is C34H31N3O6. The highest BCUT2D eigenvalue weighted by Crippen LogP contribution is 2.43. The molecule has 0 aliphatic carbocycles. The second kappa shape index (κ2) is 12.5. The number of anilines is 1. The molecule has 9 heteroatoms. The Kier molecular flexibility index (Phi) is 8.43. The lowest BCUT2D eigenvalue weighted by Gasteiger charge is -2.11. The molecule has 0 atom stereocenters. The van der Waals surface area contributed by atoms with Gasteiger partial charge in [0.2, 0.25) is 5.88 Å². The molecule has 0 aliphatic rings. The SMILES string of the molecule is COc1ccc(C(=O)Nc2ccc(-c3c(-c4cc(OC)cc(OC)c4)nn(-c4ccc(C)cc4)c3OC(C)=O)cc2)cc1. The highest BCUT2D eigenvalue weighted by molar-refractivity contribution is 6.04. The first-order chi connectivity index (χ1) is 20.8. The van der Waals surface area contributed by atoms with E-state index in [1.54, 1.807) is 68.5 Å². The van der Waals surface area contributed by atoms with Gasteiger partial charge in [-0.25, -0.2) is 0 Å². The van der Waals surface area contributed by atoms with Gasteiger partial charge in [0.25, 0.3) is 5.91 Å². The first-order valence-corrected chi connectivity index (χ1v) is 13.5. The van der Waals surface area contributed by atoms with Crippen LogP contribution in [0.3, 0.4) is 0 Å². The van der Waals surface area contributed by atoms with E-state index in [4.69, 9.17) is 24.0 Å². The lowest BCUT2D eigenvalue weighted by molar-refractivity contribution is -0.132. The summed E-state index contributed by atoms with van der Waals surface area (Å²) in [4.78, 5) is 25.2. The quantitative estimate of drug-likeness (QED) is 0.194. The summed E-state index contributed by atoms with van der Waals surface area (Å²) in [6.45, 7) is 3.34. The summed E-state index contributed by atoms with van der Waals surface area (Å²) < 4.78 is 23.6. The summed E-state index contributed by atoms with van der Waals surface area (Å²) in [6.07, 6.45) is 0. The number of hydrogen-bond acceptors (Lipinski definition) is 7. The lowest BCUT2D eigenvalue weighted by atomic mass is 10.0. The first kappa shape index (κ1) is 28.9. The molecule has 1 amide bonds. The van der Waals surface area contributed by atoms with Crippen LogP contribution in [0.25, 0.3) is 28.1 Å². The molecule has 0 radical (unpaired) electrons. The predicted molar refractivity (Wildman–Crippen MR) is 165 cm³/mol. The Bertz CT molecular complexity index is 1740. The molecule has 1 aromatic heterocycles. The largest absolute Gasteiger partial charge is 0.497 e. The zero-order valence-corrected chi connectivity index (χ0v) is 24.5. The van der Waals surface area contributed by atoms with Gasteiger partial charge < -0.3 is 24.3 Å².